The van der Waals surface area contributed by atoms with Gasteiger partial charge in [0.25, 0.3) is 5.91 Å². The molecule has 0 aliphatic carbocycles. The van der Waals surface area contributed by atoms with Gasteiger partial charge in [-0.2, -0.15) is 0 Å². The second kappa shape index (κ2) is 4.30. The first kappa shape index (κ1) is 11.5. The highest BCUT2D eigenvalue weighted by Gasteiger charge is 2.14. The average Bonchev–Trinajstić information content (AvgIpc) is 2.07. The van der Waals surface area contributed by atoms with Gasteiger partial charge in [0.15, 0.2) is 0 Å². The van der Waals surface area contributed by atoms with Gasteiger partial charge >= 0.3 is 0 Å². The zero-order valence-corrected chi connectivity index (χ0v) is 12.2. The molecule has 0 bridgehead atoms. The SMILES string of the molecule is NC(=O)c1cc(I)c(Br)c(I)c1N. The molecule has 0 atom stereocenters. The van der Waals surface area contributed by atoms with E-state index in [0.29, 0.717) is 11.3 Å². The van der Waals surface area contributed by atoms with E-state index in [-0.39, 0.29) is 0 Å². The highest BCUT2D eigenvalue weighted by molar-refractivity contribution is 14.1. The van der Waals surface area contributed by atoms with E-state index in [9.17, 15) is 4.79 Å². The maximum absolute atomic E-state index is 11.0. The van der Waals surface area contributed by atoms with Crippen LogP contribution < -0.4 is 11.5 Å². The second-order valence-electron chi connectivity index (χ2n) is 2.31. The van der Waals surface area contributed by atoms with Crippen molar-refractivity contribution in [1.29, 1.82) is 0 Å². The van der Waals surface area contributed by atoms with Crippen LogP contribution in [0.3, 0.4) is 0 Å². The van der Waals surface area contributed by atoms with E-state index < -0.39 is 5.91 Å². The summed E-state index contributed by atoms with van der Waals surface area (Å²) in [4.78, 5) is 11.0. The molecule has 0 aliphatic rings. The maximum Gasteiger partial charge on any atom is 0.250 e. The lowest BCUT2D eigenvalue weighted by Gasteiger charge is -2.07. The van der Waals surface area contributed by atoms with Crippen LogP contribution in [0.15, 0.2) is 10.5 Å². The van der Waals surface area contributed by atoms with Crippen LogP contribution in [0, 0.1) is 7.14 Å². The topological polar surface area (TPSA) is 69.1 Å². The Morgan fingerprint density at radius 1 is 1.46 bits per heavy atom. The number of anilines is 1. The minimum Gasteiger partial charge on any atom is -0.397 e. The molecule has 0 fully saturated rings. The third-order valence-electron chi connectivity index (χ3n) is 1.47. The van der Waals surface area contributed by atoms with E-state index in [1.807, 2.05) is 0 Å². The normalized spacial score (nSPS) is 10.1. The summed E-state index contributed by atoms with van der Waals surface area (Å²) in [5.41, 5.74) is 11.7. The van der Waals surface area contributed by atoms with Crippen molar-refractivity contribution < 1.29 is 4.79 Å². The molecule has 1 rings (SSSR count). The van der Waals surface area contributed by atoms with E-state index >= 15 is 0 Å². The van der Waals surface area contributed by atoms with Crippen molar-refractivity contribution in [1.82, 2.24) is 0 Å². The summed E-state index contributed by atoms with van der Waals surface area (Å²) in [7, 11) is 0. The number of hydrogen-bond donors (Lipinski definition) is 2. The molecule has 70 valence electrons. The molecule has 1 amide bonds. The number of carbonyl (C=O) groups is 1. The van der Waals surface area contributed by atoms with Crippen LogP contribution in [-0.4, -0.2) is 5.91 Å². The van der Waals surface area contributed by atoms with Crippen LogP contribution in [0.4, 0.5) is 5.69 Å². The van der Waals surface area contributed by atoms with Crippen molar-refractivity contribution in [2.75, 3.05) is 5.73 Å². The molecule has 6 heteroatoms. The van der Waals surface area contributed by atoms with Gasteiger partial charge in [0.1, 0.15) is 0 Å². The van der Waals surface area contributed by atoms with Crippen LogP contribution in [0.25, 0.3) is 0 Å². The fourth-order valence-electron chi connectivity index (χ4n) is 0.813. The molecule has 0 heterocycles. The summed E-state index contributed by atoms with van der Waals surface area (Å²) in [6.07, 6.45) is 0. The Bertz CT molecular complexity index is 381. The number of rotatable bonds is 1. The quantitative estimate of drug-likeness (QED) is 0.379. The average molecular weight is 467 g/mol. The predicted molar refractivity (Wildman–Crippen MR) is 72.5 cm³/mol. The molecule has 13 heavy (non-hydrogen) atoms. The second-order valence-corrected chi connectivity index (χ2v) is 5.35. The summed E-state index contributed by atoms with van der Waals surface area (Å²) < 4.78 is 2.64. The van der Waals surface area contributed by atoms with Gasteiger partial charge in [-0.05, 0) is 67.2 Å². The Balaban J connectivity index is 3.50. The smallest absolute Gasteiger partial charge is 0.250 e. The Morgan fingerprint density at radius 2 is 2.00 bits per heavy atom. The number of benzene rings is 1. The first-order chi connectivity index (χ1) is 5.95. The number of primary amides is 1. The van der Waals surface area contributed by atoms with E-state index in [2.05, 4.69) is 61.1 Å². The van der Waals surface area contributed by atoms with Gasteiger partial charge in [0, 0.05) is 8.04 Å². The number of nitrogens with two attached hydrogens (primary N) is 2. The highest BCUT2D eigenvalue weighted by Crippen LogP contribution is 2.32. The summed E-state index contributed by atoms with van der Waals surface area (Å²) >= 11 is 7.55. The van der Waals surface area contributed by atoms with E-state index in [4.69, 9.17) is 11.5 Å². The number of hydrogen-bond acceptors (Lipinski definition) is 2. The molecule has 0 unspecified atom stereocenters. The first-order valence-electron chi connectivity index (χ1n) is 3.18. The van der Waals surface area contributed by atoms with Gasteiger partial charge in [-0.25, -0.2) is 0 Å². The third kappa shape index (κ3) is 2.27. The van der Waals surface area contributed by atoms with Crippen molar-refractivity contribution in [3.05, 3.63) is 23.2 Å². The Labute approximate surface area is 111 Å². The number of carbonyl (C=O) groups excluding carboxylic acids is 1. The summed E-state index contributed by atoms with van der Waals surface area (Å²) in [5.74, 6) is -0.499. The van der Waals surface area contributed by atoms with Crippen molar-refractivity contribution in [2.45, 2.75) is 0 Å². The van der Waals surface area contributed by atoms with Crippen LogP contribution in [-0.2, 0) is 0 Å². The van der Waals surface area contributed by atoms with Gasteiger partial charge in [0.05, 0.1) is 14.8 Å². The zero-order valence-electron chi connectivity index (χ0n) is 6.27. The molecule has 0 aromatic heterocycles. The van der Waals surface area contributed by atoms with Gasteiger partial charge in [-0.15, -0.1) is 0 Å². The maximum atomic E-state index is 11.0. The van der Waals surface area contributed by atoms with E-state index in [1.165, 1.54) is 0 Å². The van der Waals surface area contributed by atoms with Gasteiger partial charge < -0.3 is 11.5 Å². The monoisotopic (exact) mass is 466 g/mol. The lowest BCUT2D eigenvalue weighted by molar-refractivity contribution is 0.100. The first-order valence-corrected chi connectivity index (χ1v) is 6.13. The fourth-order valence-corrected chi connectivity index (χ4v) is 2.82. The fraction of sp³-hybridized carbons (Fsp3) is 0. The minimum absolute atomic E-state index is 0.372. The third-order valence-corrected chi connectivity index (χ3v) is 5.74. The standard InChI is InChI=1S/C7H5BrI2N2O/c8-4-3(9)1-2(7(12)13)6(11)5(4)10/h1H,11H2,(H2,12,13). The van der Waals surface area contributed by atoms with Gasteiger partial charge in [-0.3, -0.25) is 4.79 Å². The molecule has 0 radical (unpaired) electrons. The van der Waals surface area contributed by atoms with E-state index in [0.717, 1.165) is 11.6 Å². The Morgan fingerprint density at radius 3 is 2.46 bits per heavy atom. The van der Waals surface area contributed by atoms with Crippen molar-refractivity contribution in [3.8, 4) is 0 Å². The lowest BCUT2D eigenvalue weighted by atomic mass is 10.2. The molecule has 4 N–H and O–H groups in total. The molecule has 0 spiro atoms. The van der Waals surface area contributed by atoms with Crippen LogP contribution >= 0.6 is 61.1 Å². The molecule has 0 aliphatic heterocycles. The molecule has 0 saturated carbocycles. The summed E-state index contributed by atoms with van der Waals surface area (Å²) in [5, 5.41) is 0. The van der Waals surface area contributed by atoms with Crippen molar-refractivity contribution >= 4 is 72.7 Å². The molecule has 1 aromatic rings. The molecule has 1 aromatic carbocycles. The van der Waals surface area contributed by atoms with Crippen LogP contribution in [0.2, 0.25) is 0 Å². The number of amides is 1. The van der Waals surface area contributed by atoms with Crippen molar-refractivity contribution in [3.63, 3.8) is 0 Å². The predicted octanol–water partition coefficient (Wildman–Crippen LogP) is 2.34. The Kier molecular flexibility index (Phi) is 3.81. The van der Waals surface area contributed by atoms with Crippen LogP contribution in [0.5, 0.6) is 0 Å². The largest absolute Gasteiger partial charge is 0.397 e. The molecule has 0 saturated heterocycles. The molecular weight excluding hydrogens is 462 g/mol. The number of halogens is 3. The Hall–Kier alpha value is 0.430. The van der Waals surface area contributed by atoms with Gasteiger partial charge in [-0.1, -0.05) is 0 Å². The zero-order chi connectivity index (χ0) is 10.2. The minimum atomic E-state index is -0.499. The van der Waals surface area contributed by atoms with E-state index in [1.54, 1.807) is 6.07 Å². The summed E-state index contributed by atoms with van der Waals surface area (Å²) in [6, 6.07) is 1.67. The molecule has 3 nitrogen and oxygen atoms in total. The van der Waals surface area contributed by atoms with Crippen molar-refractivity contribution in [2.24, 2.45) is 5.73 Å². The van der Waals surface area contributed by atoms with Crippen LogP contribution in [0.1, 0.15) is 10.4 Å². The lowest BCUT2D eigenvalue weighted by Crippen LogP contribution is -2.15. The highest BCUT2D eigenvalue weighted by atomic mass is 127. The summed E-state index contributed by atoms with van der Waals surface area (Å²) in [6.45, 7) is 0. The molecular formula is C7H5BrI2N2O. The van der Waals surface area contributed by atoms with Gasteiger partial charge in [0.2, 0.25) is 0 Å². The number of nitrogen functional groups attached to an aromatic ring is 1.